The third-order valence-corrected chi connectivity index (χ3v) is 2.18. The molecule has 0 aliphatic carbocycles. The van der Waals surface area contributed by atoms with Gasteiger partial charge in [0.05, 0.1) is 6.20 Å². The van der Waals surface area contributed by atoms with Crippen molar-refractivity contribution in [1.29, 1.82) is 0 Å². The Labute approximate surface area is 77.6 Å². The van der Waals surface area contributed by atoms with Crippen LogP contribution < -0.4 is 4.74 Å². The van der Waals surface area contributed by atoms with Crippen molar-refractivity contribution in [2.75, 3.05) is 20.1 Å². The Morgan fingerprint density at radius 3 is 3.08 bits per heavy atom. The molecule has 1 aromatic rings. The largest absolute Gasteiger partial charge is 0.472 e. The molecule has 1 atom stereocenters. The second-order valence-corrected chi connectivity index (χ2v) is 3.33. The molecule has 0 unspecified atom stereocenters. The van der Waals surface area contributed by atoms with E-state index in [9.17, 15) is 0 Å². The molecule has 4 nitrogen and oxygen atoms in total. The average Bonchev–Trinajstić information content (AvgIpc) is 2.53. The Morgan fingerprint density at radius 1 is 1.54 bits per heavy atom. The van der Waals surface area contributed by atoms with Crippen molar-refractivity contribution in [1.82, 2.24) is 14.9 Å². The molecule has 2 heterocycles. The molecular weight excluding hydrogens is 166 g/mol. The highest BCUT2D eigenvalue weighted by Crippen LogP contribution is 2.13. The number of aromatic nitrogens is 2. The number of hydrogen-bond acceptors (Lipinski definition) is 4. The number of ether oxygens (including phenoxy) is 1. The van der Waals surface area contributed by atoms with Gasteiger partial charge in [-0.25, -0.2) is 4.98 Å². The van der Waals surface area contributed by atoms with Crippen LogP contribution in [-0.2, 0) is 0 Å². The first kappa shape index (κ1) is 8.44. The number of likely N-dealkylation sites (N-methyl/N-ethyl adjacent to an activating group) is 1. The maximum absolute atomic E-state index is 5.63. The van der Waals surface area contributed by atoms with Crippen molar-refractivity contribution in [3.8, 4) is 5.88 Å². The molecule has 0 radical (unpaired) electrons. The highest BCUT2D eigenvalue weighted by Gasteiger charge is 2.20. The highest BCUT2D eigenvalue weighted by atomic mass is 16.5. The SMILES string of the molecule is CN1CC[C@H](Oc2cnccn2)C1. The quantitative estimate of drug-likeness (QED) is 0.665. The summed E-state index contributed by atoms with van der Waals surface area (Å²) < 4.78 is 5.63. The summed E-state index contributed by atoms with van der Waals surface area (Å²) in [6.07, 6.45) is 6.30. The van der Waals surface area contributed by atoms with Crippen molar-refractivity contribution in [3.63, 3.8) is 0 Å². The molecule has 0 N–H and O–H groups in total. The van der Waals surface area contributed by atoms with Gasteiger partial charge in [0.1, 0.15) is 6.10 Å². The summed E-state index contributed by atoms with van der Waals surface area (Å²) in [6.45, 7) is 2.08. The molecule has 1 saturated heterocycles. The van der Waals surface area contributed by atoms with E-state index < -0.39 is 0 Å². The fourth-order valence-corrected chi connectivity index (χ4v) is 1.51. The summed E-state index contributed by atoms with van der Waals surface area (Å²) in [5.74, 6) is 0.628. The Balaban J connectivity index is 1.92. The highest BCUT2D eigenvalue weighted by molar-refractivity contribution is 5.02. The van der Waals surface area contributed by atoms with Crippen LogP contribution >= 0.6 is 0 Å². The second-order valence-electron chi connectivity index (χ2n) is 3.33. The summed E-state index contributed by atoms with van der Waals surface area (Å²) in [7, 11) is 2.10. The van der Waals surface area contributed by atoms with Crippen molar-refractivity contribution >= 4 is 0 Å². The molecule has 0 spiro atoms. The van der Waals surface area contributed by atoms with Gasteiger partial charge in [0.2, 0.25) is 5.88 Å². The molecule has 2 rings (SSSR count). The average molecular weight is 179 g/mol. The Hall–Kier alpha value is -1.16. The molecule has 0 saturated carbocycles. The van der Waals surface area contributed by atoms with Crippen LogP contribution in [0, 0.1) is 0 Å². The van der Waals surface area contributed by atoms with Crippen LogP contribution in [0.25, 0.3) is 0 Å². The van der Waals surface area contributed by atoms with Crippen molar-refractivity contribution in [2.45, 2.75) is 12.5 Å². The predicted octanol–water partition coefficient (Wildman–Crippen LogP) is 0.559. The predicted molar refractivity (Wildman–Crippen MR) is 48.6 cm³/mol. The van der Waals surface area contributed by atoms with Crippen LogP contribution in [0.4, 0.5) is 0 Å². The van der Waals surface area contributed by atoms with E-state index in [0.717, 1.165) is 19.5 Å². The molecule has 13 heavy (non-hydrogen) atoms. The summed E-state index contributed by atoms with van der Waals surface area (Å²) >= 11 is 0. The van der Waals surface area contributed by atoms with Gasteiger partial charge in [-0.05, 0) is 13.5 Å². The van der Waals surface area contributed by atoms with Crippen LogP contribution in [0.3, 0.4) is 0 Å². The van der Waals surface area contributed by atoms with E-state index in [1.54, 1.807) is 18.6 Å². The molecule has 1 fully saturated rings. The summed E-state index contributed by atoms with van der Waals surface area (Å²) in [4.78, 5) is 10.3. The van der Waals surface area contributed by atoms with Gasteiger partial charge in [0, 0.05) is 25.5 Å². The van der Waals surface area contributed by atoms with Gasteiger partial charge in [-0.2, -0.15) is 0 Å². The fourth-order valence-electron chi connectivity index (χ4n) is 1.51. The Bertz CT molecular complexity index is 265. The van der Waals surface area contributed by atoms with Crippen LogP contribution in [0.2, 0.25) is 0 Å². The van der Waals surface area contributed by atoms with Gasteiger partial charge in [0.25, 0.3) is 0 Å². The van der Waals surface area contributed by atoms with E-state index in [1.807, 2.05) is 0 Å². The first-order valence-corrected chi connectivity index (χ1v) is 4.46. The van der Waals surface area contributed by atoms with E-state index in [4.69, 9.17) is 4.74 Å². The first-order chi connectivity index (χ1) is 6.34. The van der Waals surface area contributed by atoms with Crippen molar-refractivity contribution in [3.05, 3.63) is 18.6 Å². The molecule has 0 aromatic carbocycles. The molecule has 4 heteroatoms. The molecule has 1 aromatic heterocycles. The minimum Gasteiger partial charge on any atom is -0.472 e. The van der Waals surface area contributed by atoms with Crippen LogP contribution in [0.15, 0.2) is 18.6 Å². The van der Waals surface area contributed by atoms with Crippen LogP contribution in [0.5, 0.6) is 5.88 Å². The van der Waals surface area contributed by atoms with Gasteiger partial charge in [0.15, 0.2) is 0 Å². The number of hydrogen-bond donors (Lipinski definition) is 0. The normalized spacial score (nSPS) is 23.3. The van der Waals surface area contributed by atoms with Gasteiger partial charge >= 0.3 is 0 Å². The fraction of sp³-hybridized carbons (Fsp3) is 0.556. The molecule has 0 amide bonds. The van der Waals surface area contributed by atoms with Gasteiger partial charge < -0.3 is 9.64 Å². The second kappa shape index (κ2) is 3.70. The third-order valence-electron chi connectivity index (χ3n) is 2.18. The summed E-state index contributed by atoms with van der Waals surface area (Å²) in [6, 6.07) is 0. The lowest BCUT2D eigenvalue weighted by atomic mass is 10.3. The summed E-state index contributed by atoms with van der Waals surface area (Å²) in [5.41, 5.74) is 0. The van der Waals surface area contributed by atoms with Crippen molar-refractivity contribution < 1.29 is 4.74 Å². The van der Waals surface area contributed by atoms with E-state index >= 15 is 0 Å². The lowest BCUT2D eigenvalue weighted by Gasteiger charge is -2.11. The minimum atomic E-state index is 0.279. The molecule has 1 aliphatic rings. The van der Waals surface area contributed by atoms with Crippen molar-refractivity contribution in [2.24, 2.45) is 0 Å². The zero-order chi connectivity index (χ0) is 9.10. The zero-order valence-corrected chi connectivity index (χ0v) is 7.68. The Kier molecular flexibility index (Phi) is 2.40. The minimum absolute atomic E-state index is 0.279. The van der Waals surface area contributed by atoms with Gasteiger partial charge in [-0.15, -0.1) is 0 Å². The molecular formula is C9H13N3O. The number of nitrogens with zero attached hydrogens (tertiary/aromatic N) is 3. The maximum atomic E-state index is 5.63. The lowest BCUT2D eigenvalue weighted by molar-refractivity contribution is 0.199. The lowest BCUT2D eigenvalue weighted by Crippen LogP contribution is -2.21. The van der Waals surface area contributed by atoms with Gasteiger partial charge in [-0.1, -0.05) is 0 Å². The van der Waals surface area contributed by atoms with Gasteiger partial charge in [-0.3, -0.25) is 4.98 Å². The third kappa shape index (κ3) is 2.15. The zero-order valence-electron chi connectivity index (χ0n) is 7.68. The van der Waals surface area contributed by atoms with E-state index in [-0.39, 0.29) is 6.10 Å². The number of rotatable bonds is 2. The summed E-state index contributed by atoms with van der Waals surface area (Å²) in [5, 5.41) is 0. The molecule has 0 bridgehead atoms. The Morgan fingerprint density at radius 2 is 2.46 bits per heavy atom. The smallest absolute Gasteiger partial charge is 0.232 e. The number of likely N-dealkylation sites (tertiary alicyclic amines) is 1. The van der Waals surface area contributed by atoms with E-state index in [0.29, 0.717) is 5.88 Å². The van der Waals surface area contributed by atoms with Crippen LogP contribution in [-0.4, -0.2) is 41.1 Å². The van der Waals surface area contributed by atoms with Crippen LogP contribution in [0.1, 0.15) is 6.42 Å². The first-order valence-electron chi connectivity index (χ1n) is 4.46. The molecule has 1 aliphatic heterocycles. The van der Waals surface area contributed by atoms with E-state index in [2.05, 4.69) is 21.9 Å². The standard InChI is InChI=1S/C9H13N3O/c1-12-5-2-8(7-12)13-9-6-10-3-4-11-9/h3-4,6,8H,2,5,7H2,1H3/t8-/m0/s1. The topological polar surface area (TPSA) is 38.2 Å². The maximum Gasteiger partial charge on any atom is 0.232 e. The molecule has 70 valence electrons. The monoisotopic (exact) mass is 179 g/mol. The van der Waals surface area contributed by atoms with E-state index in [1.165, 1.54) is 0 Å².